The Morgan fingerprint density at radius 1 is 1.19 bits per heavy atom. The number of esters is 1. The van der Waals surface area contributed by atoms with Crippen LogP contribution >= 0.6 is 0 Å². The largest absolute Gasteiger partial charge is 0.488 e. The van der Waals surface area contributed by atoms with Crippen molar-refractivity contribution < 1.29 is 23.5 Å². The Bertz CT molecular complexity index is 888. The second-order valence-corrected chi connectivity index (χ2v) is 6.04. The molecule has 1 aromatic carbocycles. The fourth-order valence-electron chi connectivity index (χ4n) is 2.97. The zero-order valence-corrected chi connectivity index (χ0v) is 14.6. The maximum atomic E-state index is 12.8. The normalized spacial score (nSPS) is 16.4. The molecule has 3 rings (SSSR count). The number of amides is 1. The number of aryl methyl sites for hydroxylation is 1. The number of benzene rings is 1. The predicted molar refractivity (Wildman–Crippen MR) is 92.4 cm³/mol. The Morgan fingerprint density at radius 3 is 2.62 bits per heavy atom. The van der Waals surface area contributed by atoms with Gasteiger partial charge in [-0.1, -0.05) is 12.1 Å². The van der Waals surface area contributed by atoms with Crippen LogP contribution in [0.1, 0.15) is 32.9 Å². The van der Waals surface area contributed by atoms with Gasteiger partial charge in [0.1, 0.15) is 17.6 Å². The minimum atomic E-state index is -0.549. The summed E-state index contributed by atoms with van der Waals surface area (Å²) in [5.41, 5.74) is 0.0646. The quantitative estimate of drug-likeness (QED) is 0.778. The lowest BCUT2D eigenvalue weighted by molar-refractivity contribution is 0.0591. The standard InChI is InChI=1S/C19H19NO6/c1-12-9-14(10-17(21)25-12)26-13-7-8-20(11-13)18(22)15-5-3-4-6-16(15)19(23)24-2/h3-6,9-10,13H,7-8,11H2,1-2H3. The first-order chi connectivity index (χ1) is 12.5. The Balaban J connectivity index is 1.72. The highest BCUT2D eigenvalue weighted by Crippen LogP contribution is 2.21. The van der Waals surface area contributed by atoms with Crippen molar-refractivity contribution in [3.05, 3.63) is 63.7 Å². The average Bonchev–Trinajstić information content (AvgIpc) is 3.08. The van der Waals surface area contributed by atoms with Gasteiger partial charge >= 0.3 is 11.6 Å². The first-order valence-electron chi connectivity index (χ1n) is 8.23. The molecule has 1 aliphatic rings. The molecule has 2 aromatic rings. The number of rotatable bonds is 4. The number of ether oxygens (including phenoxy) is 2. The molecule has 1 amide bonds. The van der Waals surface area contributed by atoms with Gasteiger partial charge in [-0.25, -0.2) is 9.59 Å². The lowest BCUT2D eigenvalue weighted by Gasteiger charge is -2.18. The van der Waals surface area contributed by atoms with Gasteiger partial charge in [-0.05, 0) is 19.1 Å². The van der Waals surface area contributed by atoms with Gasteiger partial charge in [0.2, 0.25) is 0 Å². The summed E-state index contributed by atoms with van der Waals surface area (Å²) >= 11 is 0. The Morgan fingerprint density at radius 2 is 1.92 bits per heavy atom. The lowest BCUT2D eigenvalue weighted by atomic mass is 10.1. The zero-order chi connectivity index (χ0) is 18.7. The second-order valence-electron chi connectivity index (χ2n) is 6.04. The summed E-state index contributed by atoms with van der Waals surface area (Å²) in [6.07, 6.45) is 0.399. The molecule has 7 heteroatoms. The van der Waals surface area contributed by atoms with E-state index in [2.05, 4.69) is 0 Å². The predicted octanol–water partition coefficient (Wildman–Crippen LogP) is 2.03. The van der Waals surface area contributed by atoms with Gasteiger partial charge in [0.05, 0.1) is 30.8 Å². The molecule has 2 heterocycles. The van der Waals surface area contributed by atoms with Gasteiger partial charge in [0.15, 0.2) is 0 Å². The van der Waals surface area contributed by atoms with Crippen LogP contribution in [-0.2, 0) is 4.74 Å². The highest BCUT2D eigenvalue weighted by Gasteiger charge is 2.30. The van der Waals surface area contributed by atoms with Gasteiger partial charge < -0.3 is 18.8 Å². The van der Waals surface area contributed by atoms with Gasteiger partial charge in [0, 0.05) is 19.0 Å². The second kappa shape index (κ2) is 7.43. The van der Waals surface area contributed by atoms with Crippen LogP contribution in [0.4, 0.5) is 0 Å². The van der Waals surface area contributed by atoms with Gasteiger partial charge in [0.25, 0.3) is 5.91 Å². The number of carbonyl (C=O) groups is 2. The number of nitrogens with zero attached hydrogens (tertiary/aromatic N) is 1. The van der Waals surface area contributed by atoms with Crippen molar-refractivity contribution in [3.8, 4) is 5.75 Å². The summed E-state index contributed by atoms with van der Waals surface area (Å²) in [6.45, 7) is 2.54. The van der Waals surface area contributed by atoms with Crippen LogP contribution in [0.2, 0.25) is 0 Å². The summed E-state index contributed by atoms with van der Waals surface area (Å²) in [6, 6.07) is 9.48. The average molecular weight is 357 g/mol. The lowest BCUT2D eigenvalue weighted by Crippen LogP contribution is -2.32. The molecule has 1 unspecified atom stereocenters. The first-order valence-corrected chi connectivity index (χ1v) is 8.23. The molecule has 0 bridgehead atoms. The molecule has 1 atom stereocenters. The summed E-state index contributed by atoms with van der Waals surface area (Å²) in [5.74, 6) is 0.0896. The van der Waals surface area contributed by atoms with Crippen molar-refractivity contribution in [1.29, 1.82) is 0 Å². The zero-order valence-electron chi connectivity index (χ0n) is 14.6. The summed E-state index contributed by atoms with van der Waals surface area (Å²) in [5, 5.41) is 0. The van der Waals surface area contributed by atoms with E-state index in [9.17, 15) is 14.4 Å². The monoisotopic (exact) mass is 357 g/mol. The number of hydrogen-bond acceptors (Lipinski definition) is 6. The number of carbonyl (C=O) groups excluding carboxylic acids is 2. The topological polar surface area (TPSA) is 86.1 Å². The molecule has 26 heavy (non-hydrogen) atoms. The van der Waals surface area contributed by atoms with Gasteiger partial charge in [-0.15, -0.1) is 0 Å². The maximum Gasteiger partial charge on any atom is 0.339 e. The SMILES string of the molecule is COC(=O)c1ccccc1C(=O)N1CCC(Oc2cc(C)oc(=O)c2)C1. The van der Waals surface area contributed by atoms with Gasteiger partial charge in [-0.3, -0.25) is 4.79 Å². The van der Waals surface area contributed by atoms with Crippen molar-refractivity contribution in [1.82, 2.24) is 4.90 Å². The van der Waals surface area contributed by atoms with E-state index in [4.69, 9.17) is 13.9 Å². The van der Waals surface area contributed by atoms with Crippen molar-refractivity contribution >= 4 is 11.9 Å². The smallest absolute Gasteiger partial charge is 0.339 e. The Hall–Kier alpha value is -3.09. The molecule has 136 valence electrons. The third-order valence-electron chi connectivity index (χ3n) is 4.16. The van der Waals surface area contributed by atoms with Crippen LogP contribution in [-0.4, -0.2) is 43.1 Å². The fraction of sp³-hybridized carbons (Fsp3) is 0.316. The molecule has 1 aromatic heterocycles. The maximum absolute atomic E-state index is 12.8. The first kappa shape index (κ1) is 17.7. The summed E-state index contributed by atoms with van der Waals surface area (Å²) in [7, 11) is 1.28. The van der Waals surface area contributed by atoms with Gasteiger partial charge in [-0.2, -0.15) is 0 Å². The molecular weight excluding hydrogens is 338 g/mol. The Kier molecular flexibility index (Phi) is 5.06. The van der Waals surface area contributed by atoms with Crippen LogP contribution in [0.25, 0.3) is 0 Å². The van der Waals surface area contributed by atoms with Crippen molar-refractivity contribution in [2.24, 2.45) is 0 Å². The van der Waals surface area contributed by atoms with E-state index in [0.717, 1.165) is 0 Å². The van der Waals surface area contributed by atoms with Crippen molar-refractivity contribution in [2.45, 2.75) is 19.4 Å². The molecule has 0 aliphatic carbocycles. The van der Waals surface area contributed by atoms with E-state index in [0.29, 0.717) is 36.6 Å². The van der Waals surface area contributed by atoms with Crippen molar-refractivity contribution in [2.75, 3.05) is 20.2 Å². The van der Waals surface area contributed by atoms with E-state index < -0.39 is 11.6 Å². The molecule has 0 saturated carbocycles. The van der Waals surface area contributed by atoms with E-state index in [1.54, 1.807) is 42.2 Å². The van der Waals surface area contributed by atoms with Crippen LogP contribution in [0, 0.1) is 6.92 Å². The van der Waals surface area contributed by atoms with E-state index >= 15 is 0 Å². The van der Waals surface area contributed by atoms with Crippen LogP contribution in [0.5, 0.6) is 5.75 Å². The fourth-order valence-corrected chi connectivity index (χ4v) is 2.97. The van der Waals surface area contributed by atoms with E-state index in [-0.39, 0.29) is 17.6 Å². The minimum Gasteiger partial charge on any atom is -0.488 e. The molecule has 1 aliphatic heterocycles. The highest BCUT2D eigenvalue weighted by molar-refractivity contribution is 6.05. The highest BCUT2D eigenvalue weighted by atomic mass is 16.5. The van der Waals surface area contributed by atoms with E-state index in [1.165, 1.54) is 13.2 Å². The molecule has 0 spiro atoms. The summed E-state index contributed by atoms with van der Waals surface area (Å²) < 4.78 is 15.4. The van der Waals surface area contributed by atoms with E-state index in [1.807, 2.05) is 0 Å². The minimum absolute atomic E-state index is 0.231. The third kappa shape index (κ3) is 3.77. The molecule has 0 radical (unpaired) electrons. The van der Waals surface area contributed by atoms with Crippen molar-refractivity contribution in [3.63, 3.8) is 0 Å². The number of likely N-dealkylation sites (tertiary alicyclic amines) is 1. The van der Waals surface area contributed by atoms with Crippen LogP contribution in [0.15, 0.2) is 45.6 Å². The molecule has 7 nitrogen and oxygen atoms in total. The van der Waals surface area contributed by atoms with Crippen LogP contribution < -0.4 is 10.4 Å². The molecule has 1 saturated heterocycles. The number of hydrogen-bond donors (Lipinski definition) is 0. The molecular formula is C19H19NO6. The molecule has 1 fully saturated rings. The van der Waals surface area contributed by atoms with Crippen LogP contribution in [0.3, 0.4) is 0 Å². The molecule has 0 N–H and O–H groups in total. The Labute approximate surface area is 150 Å². The third-order valence-corrected chi connectivity index (χ3v) is 4.16. The summed E-state index contributed by atoms with van der Waals surface area (Å²) in [4.78, 5) is 37.7. The number of methoxy groups -OCH3 is 1.